The van der Waals surface area contributed by atoms with Crippen molar-refractivity contribution in [3.05, 3.63) is 12.2 Å². The lowest BCUT2D eigenvalue weighted by atomic mass is 9.35. The van der Waals surface area contributed by atoms with E-state index in [2.05, 4.69) is 41.2 Å². The van der Waals surface area contributed by atoms with E-state index in [1.807, 2.05) is 0 Å². The molecule has 8 atom stereocenters. The second kappa shape index (κ2) is 8.61. The third kappa shape index (κ3) is 3.62. The van der Waals surface area contributed by atoms with Crippen LogP contribution in [0.3, 0.4) is 0 Å². The van der Waals surface area contributed by atoms with Gasteiger partial charge in [-0.25, -0.2) is 0 Å². The molecule has 0 aromatic heterocycles. The smallest absolute Gasteiger partial charge is 0.138 e. The van der Waals surface area contributed by atoms with E-state index >= 15 is 0 Å². The number of carbonyl (C=O) groups excluding carboxylic acids is 2. The van der Waals surface area contributed by atoms with Crippen molar-refractivity contribution in [1.82, 2.24) is 0 Å². The van der Waals surface area contributed by atoms with E-state index in [9.17, 15) is 9.59 Å². The second-order valence-electron chi connectivity index (χ2n) is 13.5. The molecular weight excluding hydrogens is 406 g/mol. The molecule has 1 unspecified atom stereocenters. The van der Waals surface area contributed by atoms with Crippen molar-refractivity contribution < 1.29 is 9.59 Å². The number of hydrogen-bond donors (Lipinski definition) is 1. The number of rotatable bonds is 6. The van der Waals surface area contributed by atoms with Gasteiger partial charge in [0, 0.05) is 23.8 Å². The maximum Gasteiger partial charge on any atom is 0.138 e. The molecule has 0 saturated heterocycles. The summed E-state index contributed by atoms with van der Waals surface area (Å²) in [5, 5.41) is 0. The molecule has 4 fully saturated rings. The van der Waals surface area contributed by atoms with Gasteiger partial charge in [-0.3, -0.25) is 4.79 Å². The summed E-state index contributed by atoms with van der Waals surface area (Å²) in [6, 6.07) is 0. The van der Waals surface area contributed by atoms with Crippen molar-refractivity contribution in [1.29, 1.82) is 0 Å². The van der Waals surface area contributed by atoms with Crippen LogP contribution in [-0.2, 0) is 9.59 Å². The van der Waals surface area contributed by atoms with Crippen LogP contribution in [0, 0.1) is 45.8 Å². The lowest BCUT2D eigenvalue weighted by molar-refractivity contribution is -0.197. The molecule has 0 heterocycles. The zero-order valence-electron chi connectivity index (χ0n) is 22.1. The fraction of sp³-hybridized carbons (Fsp3) is 0.867. The van der Waals surface area contributed by atoms with Crippen LogP contribution in [0.4, 0.5) is 0 Å². The molecule has 0 aromatic carbocycles. The van der Waals surface area contributed by atoms with Crippen molar-refractivity contribution in [3.63, 3.8) is 0 Å². The van der Waals surface area contributed by atoms with Gasteiger partial charge in [0.1, 0.15) is 12.1 Å². The summed E-state index contributed by atoms with van der Waals surface area (Å²) < 4.78 is 0. The maximum absolute atomic E-state index is 12.9. The minimum absolute atomic E-state index is 0.128. The van der Waals surface area contributed by atoms with Crippen LogP contribution in [0.1, 0.15) is 112 Å². The number of Topliss-reactive ketones (excluding diaryl/α,β-unsaturated/α-hetero) is 1. The van der Waals surface area contributed by atoms with Gasteiger partial charge >= 0.3 is 0 Å². The normalized spacial score (nSPS) is 45.3. The first-order valence-electron chi connectivity index (χ1n) is 13.8. The van der Waals surface area contributed by atoms with E-state index in [0.29, 0.717) is 41.8 Å². The van der Waals surface area contributed by atoms with Crippen molar-refractivity contribution in [2.75, 3.05) is 0 Å². The SMILES string of the molecule is C=C(C)C(CCCC=O)[C@H]1CCC[C@]2(N)[C@@H]1CC[C@@H]1[C@@]3(C)CCC(=O)C(C)(C)[C@@H]3CC[C@]12C. The lowest BCUT2D eigenvalue weighted by Crippen LogP contribution is -2.72. The Bertz CT molecular complexity index is 801. The van der Waals surface area contributed by atoms with E-state index in [4.69, 9.17) is 5.73 Å². The van der Waals surface area contributed by atoms with Gasteiger partial charge in [-0.2, -0.15) is 0 Å². The van der Waals surface area contributed by atoms with Gasteiger partial charge < -0.3 is 10.5 Å². The van der Waals surface area contributed by atoms with Gasteiger partial charge in [-0.1, -0.05) is 46.3 Å². The molecule has 4 aliphatic carbocycles. The van der Waals surface area contributed by atoms with E-state index in [1.54, 1.807) is 0 Å². The van der Waals surface area contributed by atoms with E-state index < -0.39 is 0 Å². The summed E-state index contributed by atoms with van der Waals surface area (Å²) in [5.41, 5.74) is 8.96. The Balaban J connectivity index is 1.66. The van der Waals surface area contributed by atoms with Gasteiger partial charge in [0.05, 0.1) is 0 Å². The second-order valence-corrected chi connectivity index (χ2v) is 13.5. The molecule has 33 heavy (non-hydrogen) atoms. The Kier molecular flexibility index (Phi) is 6.56. The molecule has 0 aliphatic heterocycles. The molecule has 2 N–H and O–H groups in total. The molecule has 0 amide bonds. The zero-order valence-corrected chi connectivity index (χ0v) is 22.1. The molecule has 0 spiro atoms. The topological polar surface area (TPSA) is 60.2 Å². The van der Waals surface area contributed by atoms with E-state index in [-0.39, 0.29) is 21.8 Å². The minimum Gasteiger partial charge on any atom is -0.324 e. The van der Waals surface area contributed by atoms with E-state index in [1.165, 1.54) is 31.3 Å². The Morgan fingerprint density at radius 1 is 1.09 bits per heavy atom. The first-order chi connectivity index (χ1) is 15.4. The highest BCUT2D eigenvalue weighted by Crippen LogP contribution is 2.71. The molecule has 4 rings (SSSR count). The number of unbranched alkanes of at least 4 members (excludes halogenated alkanes) is 1. The molecule has 4 saturated carbocycles. The summed E-state index contributed by atoms with van der Waals surface area (Å²) in [6.45, 7) is 16.1. The molecule has 186 valence electrons. The molecule has 3 nitrogen and oxygen atoms in total. The standard InChI is InChI=1S/C30H49NO2/c1-20(2)21(10-7-8-19-32)22-11-9-16-30(31)23(22)12-13-25-28(5)17-15-26(33)27(3,4)24(28)14-18-29(25,30)6/h19,21-25H,1,7-18,31H2,2-6H3/t21?,22-,23-,24+,25-,28+,29-,30+/m1/s1. The van der Waals surface area contributed by atoms with Crippen LogP contribution in [-0.4, -0.2) is 17.6 Å². The van der Waals surface area contributed by atoms with Gasteiger partial charge in [0.25, 0.3) is 0 Å². The Morgan fingerprint density at radius 2 is 1.82 bits per heavy atom. The fourth-order valence-electron chi connectivity index (χ4n) is 10.2. The number of allylic oxidation sites excluding steroid dienone is 1. The van der Waals surface area contributed by atoms with Crippen LogP contribution in [0.5, 0.6) is 0 Å². The number of ketones is 1. The highest BCUT2D eigenvalue weighted by atomic mass is 16.1. The predicted octanol–water partition coefficient (Wildman–Crippen LogP) is 6.88. The summed E-state index contributed by atoms with van der Waals surface area (Å²) in [6.07, 6.45) is 13.9. The highest BCUT2D eigenvalue weighted by Gasteiger charge is 2.68. The first-order valence-corrected chi connectivity index (χ1v) is 13.8. The van der Waals surface area contributed by atoms with Gasteiger partial charge in [0.2, 0.25) is 0 Å². The molecule has 0 bridgehead atoms. The Labute approximate surface area is 202 Å². The van der Waals surface area contributed by atoms with Crippen LogP contribution in [0.25, 0.3) is 0 Å². The number of hydrogen-bond acceptors (Lipinski definition) is 3. The molecule has 0 radical (unpaired) electrons. The summed E-state index contributed by atoms with van der Waals surface area (Å²) >= 11 is 0. The van der Waals surface area contributed by atoms with Crippen molar-refractivity contribution >= 4 is 12.1 Å². The minimum atomic E-state index is -0.203. The van der Waals surface area contributed by atoms with Crippen LogP contribution in [0.15, 0.2) is 12.2 Å². The molecule has 0 aromatic rings. The Morgan fingerprint density at radius 3 is 2.48 bits per heavy atom. The van der Waals surface area contributed by atoms with Crippen molar-refractivity contribution in [3.8, 4) is 0 Å². The van der Waals surface area contributed by atoms with Gasteiger partial charge in [-0.05, 0) is 105 Å². The summed E-state index contributed by atoms with van der Waals surface area (Å²) in [7, 11) is 0. The van der Waals surface area contributed by atoms with Crippen LogP contribution in [0.2, 0.25) is 0 Å². The summed E-state index contributed by atoms with van der Waals surface area (Å²) in [4.78, 5) is 23.8. The van der Waals surface area contributed by atoms with Gasteiger partial charge in [0.15, 0.2) is 0 Å². The third-order valence-corrected chi connectivity index (χ3v) is 11.9. The van der Waals surface area contributed by atoms with Gasteiger partial charge in [-0.15, -0.1) is 0 Å². The average molecular weight is 456 g/mol. The average Bonchev–Trinajstić information content (AvgIpc) is 2.74. The molecule has 3 heteroatoms. The Hall–Kier alpha value is -0.960. The molecule has 4 aliphatic rings. The quantitative estimate of drug-likeness (QED) is 0.270. The zero-order chi connectivity index (χ0) is 24.2. The third-order valence-electron chi connectivity index (χ3n) is 11.9. The summed E-state index contributed by atoms with van der Waals surface area (Å²) in [5.74, 6) is 3.19. The lowest BCUT2D eigenvalue weighted by Gasteiger charge is -2.71. The maximum atomic E-state index is 12.9. The predicted molar refractivity (Wildman–Crippen MR) is 136 cm³/mol. The number of nitrogens with two attached hydrogens (primary N) is 1. The van der Waals surface area contributed by atoms with E-state index in [0.717, 1.165) is 51.2 Å². The highest BCUT2D eigenvalue weighted by molar-refractivity contribution is 5.85. The van der Waals surface area contributed by atoms with Crippen LogP contribution >= 0.6 is 0 Å². The molecular formula is C30H49NO2. The van der Waals surface area contributed by atoms with Crippen molar-refractivity contribution in [2.45, 2.75) is 117 Å². The fourth-order valence-corrected chi connectivity index (χ4v) is 10.2. The monoisotopic (exact) mass is 455 g/mol. The largest absolute Gasteiger partial charge is 0.324 e. The van der Waals surface area contributed by atoms with Crippen molar-refractivity contribution in [2.24, 2.45) is 51.6 Å². The number of fused-ring (bicyclic) bond motifs is 5. The first kappa shape index (κ1) is 25.1. The number of carbonyl (C=O) groups is 2. The van der Waals surface area contributed by atoms with Crippen LogP contribution < -0.4 is 5.73 Å². The number of aldehydes is 1.